The van der Waals surface area contributed by atoms with Crippen LogP contribution in [-0.4, -0.2) is 42.3 Å². The van der Waals surface area contributed by atoms with Crippen molar-refractivity contribution < 1.29 is 18.7 Å². The molecule has 6 nitrogen and oxygen atoms in total. The molecule has 0 saturated carbocycles. The first-order valence-electron chi connectivity index (χ1n) is 12.7. The second-order valence-corrected chi connectivity index (χ2v) is 9.70. The van der Waals surface area contributed by atoms with Crippen molar-refractivity contribution in [1.82, 2.24) is 14.9 Å². The van der Waals surface area contributed by atoms with E-state index in [2.05, 4.69) is 16.0 Å². The number of fused-ring (bicyclic) bond motifs is 1. The number of imidazole rings is 1. The predicted molar refractivity (Wildman–Crippen MR) is 142 cm³/mol. The van der Waals surface area contributed by atoms with Crippen molar-refractivity contribution in [3.05, 3.63) is 83.9 Å². The van der Waals surface area contributed by atoms with Crippen molar-refractivity contribution in [3.63, 3.8) is 0 Å². The van der Waals surface area contributed by atoms with Crippen LogP contribution in [0.2, 0.25) is 0 Å². The Morgan fingerprint density at radius 2 is 1.92 bits per heavy atom. The molecule has 0 spiro atoms. The zero-order chi connectivity index (χ0) is 25.8. The summed E-state index contributed by atoms with van der Waals surface area (Å²) in [6, 6.07) is 20.5. The molecule has 0 unspecified atom stereocenters. The summed E-state index contributed by atoms with van der Waals surface area (Å²) in [5, 5.41) is 3.19. The summed E-state index contributed by atoms with van der Waals surface area (Å²) in [4.78, 5) is 18.3. The molecular weight excluding hydrogens is 469 g/mol. The van der Waals surface area contributed by atoms with Crippen LogP contribution in [0.3, 0.4) is 0 Å². The Labute approximate surface area is 216 Å². The molecule has 1 amide bonds. The molecule has 37 heavy (non-hydrogen) atoms. The van der Waals surface area contributed by atoms with Gasteiger partial charge in [-0.3, -0.25) is 4.79 Å². The lowest BCUT2D eigenvalue weighted by atomic mass is 9.74. The minimum Gasteiger partial charge on any atom is -0.496 e. The highest BCUT2D eigenvalue weighted by Crippen LogP contribution is 2.37. The van der Waals surface area contributed by atoms with Crippen molar-refractivity contribution in [2.24, 2.45) is 12.5 Å². The lowest BCUT2D eigenvalue weighted by Crippen LogP contribution is -2.46. The number of nitrogens with one attached hydrogen (secondary N) is 1. The van der Waals surface area contributed by atoms with Crippen LogP contribution < -0.4 is 10.1 Å². The van der Waals surface area contributed by atoms with Crippen LogP contribution in [0.4, 0.5) is 4.39 Å². The summed E-state index contributed by atoms with van der Waals surface area (Å²) < 4.78 is 27.2. The number of ether oxygens (including phenoxy) is 2. The van der Waals surface area contributed by atoms with Gasteiger partial charge in [0.05, 0.1) is 23.6 Å². The van der Waals surface area contributed by atoms with Gasteiger partial charge in [-0.25, -0.2) is 9.37 Å². The van der Waals surface area contributed by atoms with E-state index in [0.29, 0.717) is 56.8 Å². The first-order chi connectivity index (χ1) is 18.0. The van der Waals surface area contributed by atoms with Crippen LogP contribution in [0.25, 0.3) is 22.2 Å². The average molecular weight is 502 g/mol. The van der Waals surface area contributed by atoms with Gasteiger partial charge in [0.2, 0.25) is 5.91 Å². The molecule has 3 aromatic carbocycles. The van der Waals surface area contributed by atoms with Crippen LogP contribution in [0, 0.1) is 11.2 Å². The van der Waals surface area contributed by atoms with E-state index in [9.17, 15) is 9.18 Å². The van der Waals surface area contributed by atoms with Crippen LogP contribution in [0.1, 0.15) is 24.2 Å². The monoisotopic (exact) mass is 501 g/mol. The summed E-state index contributed by atoms with van der Waals surface area (Å²) in [6.45, 7) is 1.62. The van der Waals surface area contributed by atoms with Crippen molar-refractivity contribution in [3.8, 4) is 16.9 Å². The predicted octanol–water partition coefficient (Wildman–Crippen LogP) is 5.09. The van der Waals surface area contributed by atoms with E-state index in [-0.39, 0.29) is 11.7 Å². The van der Waals surface area contributed by atoms with E-state index in [4.69, 9.17) is 14.5 Å². The van der Waals surface area contributed by atoms with E-state index in [0.717, 1.165) is 28.0 Å². The summed E-state index contributed by atoms with van der Waals surface area (Å²) >= 11 is 0. The number of carbonyl (C=O) groups is 1. The molecule has 0 atom stereocenters. The highest BCUT2D eigenvalue weighted by atomic mass is 19.1. The van der Waals surface area contributed by atoms with E-state index < -0.39 is 5.41 Å². The molecule has 192 valence electrons. The highest BCUT2D eigenvalue weighted by molar-refractivity contribution is 5.83. The second-order valence-electron chi connectivity index (χ2n) is 9.70. The number of hydrogen-bond acceptors (Lipinski definition) is 4. The third-order valence-corrected chi connectivity index (χ3v) is 7.39. The molecule has 1 aliphatic rings. The number of amides is 1. The summed E-state index contributed by atoms with van der Waals surface area (Å²) in [5.74, 6) is 1.28. The fourth-order valence-electron chi connectivity index (χ4n) is 5.29. The molecule has 0 radical (unpaired) electrons. The SMILES string of the molecule is COc1ccc(F)cc1-c1cccc(CC2(C(=O)NCCc3nc4ccccc4n3C)CCOCC2)c1. The highest BCUT2D eigenvalue weighted by Gasteiger charge is 2.40. The number of aromatic nitrogens is 2. The van der Waals surface area contributed by atoms with Gasteiger partial charge >= 0.3 is 0 Å². The van der Waals surface area contributed by atoms with Crippen molar-refractivity contribution in [2.45, 2.75) is 25.7 Å². The fourth-order valence-corrected chi connectivity index (χ4v) is 5.29. The number of methoxy groups -OCH3 is 1. The Hall–Kier alpha value is -3.71. The number of carbonyl (C=O) groups excluding carboxylic acids is 1. The number of nitrogens with zero attached hydrogens (tertiary/aromatic N) is 2. The second kappa shape index (κ2) is 10.7. The Bertz CT molecular complexity index is 1410. The van der Waals surface area contributed by atoms with Gasteiger partial charge < -0.3 is 19.4 Å². The van der Waals surface area contributed by atoms with Crippen molar-refractivity contribution in [2.75, 3.05) is 26.9 Å². The molecule has 7 heteroatoms. The van der Waals surface area contributed by atoms with Crippen LogP contribution in [0.5, 0.6) is 5.75 Å². The van der Waals surface area contributed by atoms with Gasteiger partial charge in [-0.1, -0.05) is 36.4 Å². The number of benzene rings is 3. The van der Waals surface area contributed by atoms with Gasteiger partial charge in [-0.2, -0.15) is 0 Å². The van der Waals surface area contributed by atoms with Crippen LogP contribution in [-0.2, 0) is 29.4 Å². The van der Waals surface area contributed by atoms with E-state index in [1.807, 2.05) is 49.5 Å². The Morgan fingerprint density at radius 1 is 1.11 bits per heavy atom. The van der Waals surface area contributed by atoms with Gasteiger partial charge in [0.15, 0.2) is 0 Å². The topological polar surface area (TPSA) is 65.4 Å². The number of halogens is 1. The maximum Gasteiger partial charge on any atom is 0.226 e. The normalized spacial score (nSPS) is 15.0. The Morgan fingerprint density at radius 3 is 2.70 bits per heavy atom. The molecule has 0 aliphatic carbocycles. The maximum absolute atomic E-state index is 14.0. The summed E-state index contributed by atoms with van der Waals surface area (Å²) in [6.07, 6.45) is 2.54. The molecule has 1 aromatic heterocycles. The number of para-hydroxylation sites is 2. The number of rotatable bonds is 8. The molecule has 1 fully saturated rings. The summed E-state index contributed by atoms with van der Waals surface area (Å²) in [5.41, 5.74) is 4.06. The van der Waals surface area contributed by atoms with Crippen LogP contribution >= 0.6 is 0 Å². The lowest BCUT2D eigenvalue weighted by Gasteiger charge is -2.36. The first-order valence-corrected chi connectivity index (χ1v) is 12.7. The van der Waals surface area contributed by atoms with Gasteiger partial charge in [-0.15, -0.1) is 0 Å². The molecule has 2 heterocycles. The lowest BCUT2D eigenvalue weighted by molar-refractivity contribution is -0.136. The fraction of sp³-hybridized carbons (Fsp3) is 0.333. The molecule has 4 aromatic rings. The van der Waals surface area contributed by atoms with Gasteiger partial charge in [0.1, 0.15) is 17.4 Å². The molecule has 0 bridgehead atoms. The van der Waals surface area contributed by atoms with Crippen molar-refractivity contribution >= 4 is 16.9 Å². The quantitative estimate of drug-likeness (QED) is 0.366. The average Bonchev–Trinajstić information content (AvgIpc) is 3.24. The van der Waals surface area contributed by atoms with E-state index >= 15 is 0 Å². The largest absolute Gasteiger partial charge is 0.496 e. The van der Waals surface area contributed by atoms with Crippen LogP contribution in [0.15, 0.2) is 66.7 Å². The van der Waals surface area contributed by atoms with Gasteiger partial charge in [0.25, 0.3) is 0 Å². The standard InChI is InChI=1S/C30H32FN3O3/c1-34-26-9-4-3-8-25(26)33-28(34)12-15-32-29(35)30(13-16-37-17-14-30)20-21-6-5-7-22(18-21)24-19-23(31)10-11-27(24)36-2/h3-11,18-19H,12-17,20H2,1-2H3,(H,32,35). The molecule has 1 saturated heterocycles. The maximum atomic E-state index is 14.0. The number of hydrogen-bond donors (Lipinski definition) is 1. The smallest absolute Gasteiger partial charge is 0.226 e. The Balaban J connectivity index is 1.33. The minimum absolute atomic E-state index is 0.0447. The minimum atomic E-state index is -0.560. The molecule has 5 rings (SSSR count). The van der Waals surface area contributed by atoms with Gasteiger partial charge in [0, 0.05) is 38.8 Å². The van der Waals surface area contributed by atoms with E-state index in [1.54, 1.807) is 13.2 Å². The number of aryl methyl sites for hydroxylation is 1. The summed E-state index contributed by atoms with van der Waals surface area (Å²) in [7, 11) is 3.59. The molecule has 1 N–H and O–H groups in total. The Kier molecular flexibility index (Phi) is 7.24. The molecule has 1 aliphatic heterocycles. The zero-order valence-electron chi connectivity index (χ0n) is 21.3. The third kappa shape index (κ3) is 5.23. The zero-order valence-corrected chi connectivity index (χ0v) is 21.3. The third-order valence-electron chi connectivity index (χ3n) is 7.39. The van der Waals surface area contributed by atoms with Crippen molar-refractivity contribution in [1.29, 1.82) is 0 Å². The van der Waals surface area contributed by atoms with Gasteiger partial charge in [-0.05, 0) is 60.7 Å². The molecular formula is C30H32FN3O3. The first kappa shape index (κ1) is 25.0. The van der Waals surface area contributed by atoms with E-state index in [1.165, 1.54) is 12.1 Å².